The number of aliphatic hydroxyl groups excluding tert-OH is 1. The Morgan fingerprint density at radius 3 is 2.55 bits per heavy atom. The minimum Gasteiger partial charge on any atom is -0.395 e. The number of carbonyl (C=O) groups is 1. The van der Waals surface area contributed by atoms with Crippen LogP contribution in [0.3, 0.4) is 0 Å². The second-order valence-electron chi connectivity index (χ2n) is 8.00. The van der Waals surface area contributed by atoms with Crippen LogP contribution in [0.2, 0.25) is 0 Å². The van der Waals surface area contributed by atoms with Gasteiger partial charge >= 0.3 is 0 Å². The number of rotatable bonds is 8. The number of H-pyrrole nitrogens is 1. The smallest absolute Gasteiger partial charge is 0.234 e. The molecule has 1 fully saturated rings. The van der Waals surface area contributed by atoms with Crippen molar-refractivity contribution >= 4 is 16.8 Å². The van der Waals surface area contributed by atoms with Gasteiger partial charge in [-0.15, -0.1) is 0 Å². The van der Waals surface area contributed by atoms with Crippen molar-refractivity contribution in [3.8, 4) is 11.3 Å². The van der Waals surface area contributed by atoms with Gasteiger partial charge in [0.25, 0.3) is 0 Å². The van der Waals surface area contributed by atoms with Gasteiger partial charge in [-0.1, -0.05) is 0 Å². The van der Waals surface area contributed by atoms with E-state index in [9.17, 15) is 18.0 Å². The first-order valence-corrected chi connectivity index (χ1v) is 10.3. The Labute approximate surface area is 177 Å². The van der Waals surface area contributed by atoms with E-state index in [1.807, 2.05) is 0 Å². The fourth-order valence-electron chi connectivity index (χ4n) is 4.22. The Morgan fingerprint density at radius 1 is 1.10 bits per heavy atom. The van der Waals surface area contributed by atoms with Crippen molar-refractivity contribution in [3.63, 3.8) is 0 Å². The number of amides is 1. The second kappa shape index (κ2) is 9.11. The van der Waals surface area contributed by atoms with Crippen molar-refractivity contribution in [2.45, 2.75) is 25.3 Å². The number of aromatic nitrogens is 1. The van der Waals surface area contributed by atoms with Crippen LogP contribution in [0.1, 0.15) is 18.4 Å². The van der Waals surface area contributed by atoms with Gasteiger partial charge in [0, 0.05) is 29.7 Å². The van der Waals surface area contributed by atoms with Crippen LogP contribution >= 0.6 is 0 Å². The summed E-state index contributed by atoms with van der Waals surface area (Å²) >= 11 is 0. The molecule has 0 radical (unpaired) electrons. The van der Waals surface area contributed by atoms with Crippen LogP contribution < -0.4 is 10.6 Å². The fourth-order valence-corrected chi connectivity index (χ4v) is 4.22. The third-order valence-electron chi connectivity index (χ3n) is 5.73. The molecule has 2 aromatic carbocycles. The summed E-state index contributed by atoms with van der Waals surface area (Å²) in [6.07, 6.45) is 2.11. The number of carbonyl (C=O) groups excluding carboxylic acids is 1. The van der Waals surface area contributed by atoms with Gasteiger partial charge in [-0.2, -0.15) is 0 Å². The van der Waals surface area contributed by atoms with E-state index in [0.717, 1.165) is 24.5 Å². The Morgan fingerprint density at radius 2 is 1.84 bits per heavy atom. The van der Waals surface area contributed by atoms with E-state index >= 15 is 0 Å². The minimum absolute atomic E-state index is 0.0268. The maximum Gasteiger partial charge on any atom is 0.234 e. The lowest BCUT2D eigenvalue weighted by molar-refractivity contribution is -0.121. The van der Waals surface area contributed by atoms with E-state index in [4.69, 9.17) is 5.11 Å². The average molecular weight is 431 g/mol. The molecule has 1 heterocycles. The first-order valence-electron chi connectivity index (χ1n) is 10.3. The molecule has 1 aliphatic rings. The van der Waals surface area contributed by atoms with Crippen molar-refractivity contribution in [1.29, 1.82) is 0 Å². The highest BCUT2D eigenvalue weighted by Crippen LogP contribution is 2.38. The van der Waals surface area contributed by atoms with Crippen LogP contribution in [0, 0.1) is 23.4 Å². The normalized spacial score (nSPS) is 18.2. The molecular weight excluding hydrogens is 407 g/mol. The molecule has 31 heavy (non-hydrogen) atoms. The first kappa shape index (κ1) is 21.4. The molecule has 5 nitrogen and oxygen atoms in total. The molecule has 1 amide bonds. The summed E-state index contributed by atoms with van der Waals surface area (Å²) in [5.74, 6) is -1.56. The summed E-state index contributed by atoms with van der Waals surface area (Å²) in [5.41, 5.74) is 2.38. The molecule has 4 N–H and O–H groups in total. The maximum atomic E-state index is 14.4. The van der Waals surface area contributed by atoms with Crippen molar-refractivity contribution in [2.75, 3.05) is 19.7 Å². The Hall–Kier alpha value is -2.84. The van der Waals surface area contributed by atoms with Crippen molar-refractivity contribution in [2.24, 2.45) is 5.92 Å². The first-order chi connectivity index (χ1) is 14.9. The molecule has 1 aromatic heterocycles. The summed E-state index contributed by atoms with van der Waals surface area (Å²) in [6.45, 7) is 0.485. The van der Waals surface area contributed by atoms with Crippen molar-refractivity contribution < 1.29 is 23.1 Å². The monoisotopic (exact) mass is 431 g/mol. The van der Waals surface area contributed by atoms with Gasteiger partial charge in [0.15, 0.2) is 0 Å². The number of benzene rings is 2. The highest BCUT2D eigenvalue weighted by atomic mass is 19.1. The lowest BCUT2D eigenvalue weighted by Crippen LogP contribution is -2.47. The molecule has 8 heteroatoms. The van der Waals surface area contributed by atoms with Crippen LogP contribution in [0.15, 0.2) is 36.4 Å². The largest absolute Gasteiger partial charge is 0.395 e. The van der Waals surface area contributed by atoms with Crippen LogP contribution in [0.25, 0.3) is 22.2 Å². The summed E-state index contributed by atoms with van der Waals surface area (Å²) in [6, 6.07) is 8.12. The predicted octanol–water partition coefficient (Wildman–Crippen LogP) is 3.27. The van der Waals surface area contributed by atoms with Crippen LogP contribution in [0.5, 0.6) is 0 Å². The number of halogens is 3. The van der Waals surface area contributed by atoms with Gasteiger partial charge < -0.3 is 20.7 Å². The Balaban J connectivity index is 1.51. The van der Waals surface area contributed by atoms with E-state index in [1.54, 1.807) is 12.1 Å². The highest BCUT2D eigenvalue weighted by Gasteiger charge is 2.32. The van der Waals surface area contributed by atoms with Crippen LogP contribution in [-0.2, 0) is 11.2 Å². The zero-order valence-electron chi connectivity index (χ0n) is 16.9. The van der Waals surface area contributed by atoms with E-state index in [0.29, 0.717) is 29.6 Å². The average Bonchev–Trinajstić information content (AvgIpc) is 3.06. The molecule has 0 bridgehead atoms. The molecule has 164 valence electrons. The molecule has 0 spiro atoms. The topological polar surface area (TPSA) is 77.2 Å². The van der Waals surface area contributed by atoms with Gasteiger partial charge in [0.05, 0.1) is 18.7 Å². The molecule has 0 unspecified atom stereocenters. The molecular formula is C23H24F3N3O2. The van der Waals surface area contributed by atoms with Gasteiger partial charge in [0.2, 0.25) is 5.91 Å². The molecule has 0 saturated heterocycles. The Bertz CT molecular complexity index is 1080. The highest BCUT2D eigenvalue weighted by molar-refractivity contribution is 5.91. The molecule has 1 saturated carbocycles. The molecule has 3 aromatic rings. The quantitative estimate of drug-likeness (QED) is 0.414. The third-order valence-corrected chi connectivity index (χ3v) is 5.73. The summed E-state index contributed by atoms with van der Waals surface area (Å²) in [5, 5.41) is 15.0. The van der Waals surface area contributed by atoms with Gasteiger partial charge in [-0.3, -0.25) is 4.79 Å². The number of hydrogen-bond donors (Lipinski definition) is 4. The number of aromatic amines is 1. The molecule has 0 aliphatic heterocycles. The van der Waals surface area contributed by atoms with E-state index in [1.165, 1.54) is 18.2 Å². The number of fused-ring (bicyclic) bond motifs is 1. The molecule has 0 atom stereocenters. The fraction of sp³-hybridized carbons (Fsp3) is 0.348. The molecule has 4 rings (SSSR count). The lowest BCUT2D eigenvalue weighted by Gasteiger charge is -2.36. The number of aliphatic hydroxyl groups is 1. The van der Waals surface area contributed by atoms with E-state index < -0.39 is 11.6 Å². The van der Waals surface area contributed by atoms with Crippen molar-refractivity contribution in [3.05, 3.63) is 59.4 Å². The summed E-state index contributed by atoms with van der Waals surface area (Å²) in [4.78, 5) is 14.9. The Kier molecular flexibility index (Phi) is 6.29. The van der Waals surface area contributed by atoms with E-state index in [-0.39, 0.29) is 42.4 Å². The third kappa shape index (κ3) is 4.75. The van der Waals surface area contributed by atoms with E-state index in [2.05, 4.69) is 15.6 Å². The predicted molar refractivity (Wildman–Crippen MR) is 112 cm³/mol. The number of nitrogens with one attached hydrogen (secondary N) is 3. The van der Waals surface area contributed by atoms with Gasteiger partial charge in [-0.05, 0) is 66.6 Å². The van der Waals surface area contributed by atoms with Crippen molar-refractivity contribution in [1.82, 2.24) is 15.6 Å². The minimum atomic E-state index is -0.668. The standard InChI is InChI=1S/C23H24F3N3O2/c24-15-3-1-14(2-4-15)22-18(19-10-16(25)11-20(26)23(19)29-22)9-13-7-17(8-13)28-21(31)12-27-5-6-30/h1-4,10-11,13,17,27,29-30H,5-9,12H2,(H,28,31). The van der Waals surface area contributed by atoms with Gasteiger partial charge in [0.1, 0.15) is 17.5 Å². The second-order valence-corrected chi connectivity index (χ2v) is 8.00. The number of hydrogen-bond acceptors (Lipinski definition) is 3. The maximum absolute atomic E-state index is 14.4. The lowest BCUT2D eigenvalue weighted by atomic mass is 9.76. The zero-order chi connectivity index (χ0) is 22.0. The van der Waals surface area contributed by atoms with Crippen LogP contribution in [-0.4, -0.2) is 41.7 Å². The molecule has 1 aliphatic carbocycles. The summed E-state index contributed by atoms with van der Waals surface area (Å²) < 4.78 is 41.7. The summed E-state index contributed by atoms with van der Waals surface area (Å²) in [7, 11) is 0. The van der Waals surface area contributed by atoms with Crippen LogP contribution in [0.4, 0.5) is 13.2 Å². The SMILES string of the molecule is O=C(CNCCO)NC1CC(Cc2c(-c3ccc(F)cc3)[nH]c3c(F)cc(F)cc23)C1. The zero-order valence-corrected chi connectivity index (χ0v) is 16.9. The van der Waals surface area contributed by atoms with Gasteiger partial charge in [-0.25, -0.2) is 13.2 Å².